The van der Waals surface area contributed by atoms with E-state index in [4.69, 9.17) is 18.5 Å². The van der Waals surface area contributed by atoms with Crippen molar-refractivity contribution in [1.82, 2.24) is 0 Å². The number of carbonyl (C=O) groups excluding carboxylic acids is 2. The molecule has 2 unspecified atom stereocenters. The standard InChI is InChI=1S/C72H126NO8P/c1-6-8-10-12-14-16-18-20-22-24-26-28-29-30-31-32-33-34-35-36-37-38-39-40-41-42-43-45-47-49-51-53-55-57-59-61-63-65-72(75)81-70(69-80-82(76,77)79-67-66-73(3,4)5)68-78-71(74)64-62-60-58-56-54-52-50-48-46-44-27-25-23-21-19-17-15-13-11-9-7-2/h8,10,14,16,19-22,25-28,30-31,33-34,36-37,70H,6-7,9,11-13,15,17-18,23-24,29,32,35,38-69H2,1-5H3/p+1/b10-8-,16-14-,21-19-,22-20-,27-25-,28-26-,31-30-,34-33-,37-36-. The Hall–Kier alpha value is -3.33. The largest absolute Gasteiger partial charge is 0.472 e. The zero-order valence-corrected chi connectivity index (χ0v) is 54.6. The Balaban J connectivity index is 4.06. The SMILES string of the molecule is CC/C=C\C/C=C\C/C=C\C/C=C\C/C=C\C/C=C\C/C=C\CCCCCCCCCCCCCCCCCC(=O)OC(COC(=O)CCCCCCCCCCC/C=C\C/C=C\CCCCCCC)COP(=O)(O)OCC[N+](C)(C)C. The molecule has 82 heavy (non-hydrogen) atoms. The van der Waals surface area contributed by atoms with Crippen LogP contribution in [-0.2, 0) is 32.7 Å². The highest BCUT2D eigenvalue weighted by Crippen LogP contribution is 2.43. The van der Waals surface area contributed by atoms with E-state index in [1.165, 1.54) is 161 Å². The molecule has 2 atom stereocenters. The molecule has 9 nitrogen and oxygen atoms in total. The molecule has 10 heteroatoms. The summed E-state index contributed by atoms with van der Waals surface area (Å²) in [7, 11) is 1.47. The second-order valence-electron chi connectivity index (χ2n) is 23.5. The van der Waals surface area contributed by atoms with Crippen LogP contribution in [0.15, 0.2) is 109 Å². The van der Waals surface area contributed by atoms with E-state index in [2.05, 4.69) is 123 Å². The maximum Gasteiger partial charge on any atom is 0.472 e. The fourth-order valence-corrected chi connectivity index (χ4v) is 9.89. The Bertz CT molecular complexity index is 1750. The number of hydrogen-bond donors (Lipinski definition) is 1. The van der Waals surface area contributed by atoms with Crippen LogP contribution in [0.3, 0.4) is 0 Å². The molecular formula is C72H127NO8P+. The molecule has 0 saturated heterocycles. The number of quaternary nitrogens is 1. The van der Waals surface area contributed by atoms with Gasteiger partial charge in [-0.1, -0.05) is 277 Å². The van der Waals surface area contributed by atoms with Crippen LogP contribution in [0.25, 0.3) is 0 Å². The lowest BCUT2D eigenvalue weighted by Gasteiger charge is -2.24. The Kier molecular flexibility index (Phi) is 59.7. The van der Waals surface area contributed by atoms with Gasteiger partial charge in [0.1, 0.15) is 19.8 Å². The minimum Gasteiger partial charge on any atom is -0.462 e. The van der Waals surface area contributed by atoms with E-state index in [1.54, 1.807) is 0 Å². The fraction of sp³-hybridized carbons (Fsp3) is 0.722. The predicted molar refractivity (Wildman–Crippen MR) is 353 cm³/mol. The lowest BCUT2D eigenvalue weighted by atomic mass is 10.0. The first-order chi connectivity index (χ1) is 40.0. The summed E-state index contributed by atoms with van der Waals surface area (Å²) in [5.41, 5.74) is 0. The molecule has 0 radical (unpaired) electrons. The number of likely N-dealkylation sites (N-methyl/N-ethyl adjacent to an activating group) is 1. The van der Waals surface area contributed by atoms with E-state index < -0.39 is 26.5 Å². The first kappa shape index (κ1) is 78.7. The van der Waals surface area contributed by atoms with Crippen LogP contribution in [0.4, 0.5) is 0 Å². The molecule has 0 aromatic rings. The quantitative estimate of drug-likeness (QED) is 0.0211. The van der Waals surface area contributed by atoms with Crippen molar-refractivity contribution in [3.8, 4) is 0 Å². The van der Waals surface area contributed by atoms with E-state index >= 15 is 0 Å². The Labute approximate surface area is 506 Å². The van der Waals surface area contributed by atoms with E-state index in [1.807, 2.05) is 21.1 Å². The molecule has 0 saturated carbocycles. The highest BCUT2D eigenvalue weighted by atomic mass is 31.2. The fourth-order valence-electron chi connectivity index (χ4n) is 9.15. The lowest BCUT2D eigenvalue weighted by molar-refractivity contribution is -0.870. The molecule has 0 heterocycles. The smallest absolute Gasteiger partial charge is 0.462 e. The summed E-state index contributed by atoms with van der Waals surface area (Å²) in [5, 5.41) is 0. The number of carbonyl (C=O) groups is 2. The predicted octanol–water partition coefficient (Wildman–Crippen LogP) is 21.7. The van der Waals surface area contributed by atoms with Crippen LogP contribution >= 0.6 is 7.82 Å². The third-order valence-electron chi connectivity index (χ3n) is 14.3. The number of allylic oxidation sites excluding steroid dienone is 18. The topological polar surface area (TPSA) is 108 Å². The lowest BCUT2D eigenvalue weighted by Crippen LogP contribution is -2.37. The van der Waals surface area contributed by atoms with Crippen molar-refractivity contribution in [2.45, 2.75) is 290 Å². The van der Waals surface area contributed by atoms with Gasteiger partial charge in [-0.05, 0) is 103 Å². The number of ether oxygens (including phenoxy) is 2. The number of unbranched alkanes of at least 4 members (excludes halogenated alkanes) is 29. The molecule has 0 rings (SSSR count). The molecule has 0 aliphatic rings. The van der Waals surface area contributed by atoms with Gasteiger partial charge in [0.25, 0.3) is 0 Å². The molecule has 472 valence electrons. The van der Waals surface area contributed by atoms with Crippen LogP contribution in [0.1, 0.15) is 284 Å². The third-order valence-corrected chi connectivity index (χ3v) is 15.3. The monoisotopic (exact) mass is 1160 g/mol. The van der Waals surface area contributed by atoms with Crippen LogP contribution in [0, 0.1) is 0 Å². The Morgan fingerprint density at radius 1 is 0.390 bits per heavy atom. The van der Waals surface area contributed by atoms with Crippen molar-refractivity contribution in [3.63, 3.8) is 0 Å². The normalized spacial score (nSPS) is 13.9. The number of hydrogen-bond acceptors (Lipinski definition) is 7. The number of nitrogens with zero attached hydrogens (tertiary/aromatic N) is 1. The summed E-state index contributed by atoms with van der Waals surface area (Å²) in [4.78, 5) is 35.8. The summed E-state index contributed by atoms with van der Waals surface area (Å²) >= 11 is 0. The molecule has 0 aromatic heterocycles. The van der Waals surface area contributed by atoms with E-state index in [0.29, 0.717) is 17.4 Å². The van der Waals surface area contributed by atoms with Gasteiger partial charge in [-0.25, -0.2) is 4.57 Å². The molecule has 0 aromatic carbocycles. The minimum absolute atomic E-state index is 0.0278. The van der Waals surface area contributed by atoms with Crippen LogP contribution in [0.5, 0.6) is 0 Å². The van der Waals surface area contributed by atoms with Crippen molar-refractivity contribution in [3.05, 3.63) is 109 Å². The molecule has 1 N–H and O–H groups in total. The van der Waals surface area contributed by atoms with Gasteiger partial charge >= 0.3 is 19.8 Å². The number of rotatable bonds is 61. The number of esters is 2. The zero-order chi connectivity index (χ0) is 59.8. The summed E-state index contributed by atoms with van der Waals surface area (Å²) in [6.07, 6.45) is 87.5. The molecule has 0 fully saturated rings. The van der Waals surface area contributed by atoms with Gasteiger partial charge in [-0.2, -0.15) is 0 Å². The van der Waals surface area contributed by atoms with Crippen molar-refractivity contribution < 1.29 is 42.1 Å². The van der Waals surface area contributed by atoms with Gasteiger partial charge < -0.3 is 18.9 Å². The van der Waals surface area contributed by atoms with Gasteiger partial charge in [0.2, 0.25) is 0 Å². The van der Waals surface area contributed by atoms with Crippen LogP contribution < -0.4 is 0 Å². The summed E-state index contributed by atoms with van der Waals surface area (Å²) in [6.45, 7) is 4.32. The third kappa shape index (κ3) is 65.8. The van der Waals surface area contributed by atoms with Crippen LogP contribution in [-0.4, -0.2) is 74.9 Å². The second-order valence-corrected chi connectivity index (χ2v) is 24.9. The van der Waals surface area contributed by atoms with Gasteiger partial charge in [0.05, 0.1) is 27.7 Å². The molecule has 0 bridgehead atoms. The van der Waals surface area contributed by atoms with E-state index in [0.717, 1.165) is 89.9 Å². The van der Waals surface area contributed by atoms with Gasteiger partial charge in [-0.15, -0.1) is 0 Å². The highest BCUT2D eigenvalue weighted by Gasteiger charge is 2.27. The van der Waals surface area contributed by atoms with Crippen molar-refractivity contribution in [1.29, 1.82) is 0 Å². The first-order valence-corrected chi connectivity index (χ1v) is 35.1. The van der Waals surface area contributed by atoms with Gasteiger partial charge in [0.15, 0.2) is 6.10 Å². The summed E-state index contributed by atoms with van der Waals surface area (Å²) < 4.78 is 34.7. The van der Waals surface area contributed by atoms with Gasteiger partial charge in [0, 0.05) is 12.8 Å². The number of phosphoric acid groups is 1. The Morgan fingerprint density at radius 2 is 0.695 bits per heavy atom. The van der Waals surface area contributed by atoms with E-state index in [9.17, 15) is 19.0 Å². The minimum atomic E-state index is -4.40. The Morgan fingerprint density at radius 3 is 1.04 bits per heavy atom. The number of phosphoric ester groups is 1. The molecule has 0 spiro atoms. The van der Waals surface area contributed by atoms with Crippen molar-refractivity contribution in [2.24, 2.45) is 0 Å². The molecular weight excluding hydrogens is 1040 g/mol. The summed E-state index contributed by atoms with van der Waals surface area (Å²) in [6, 6.07) is 0. The van der Waals surface area contributed by atoms with Crippen LogP contribution in [0.2, 0.25) is 0 Å². The first-order valence-electron chi connectivity index (χ1n) is 33.6. The van der Waals surface area contributed by atoms with Gasteiger partial charge in [-0.3, -0.25) is 18.6 Å². The van der Waals surface area contributed by atoms with E-state index in [-0.39, 0.29) is 32.0 Å². The van der Waals surface area contributed by atoms with Crippen molar-refractivity contribution >= 4 is 19.8 Å². The maximum atomic E-state index is 12.9. The molecule has 0 aliphatic heterocycles. The zero-order valence-electron chi connectivity index (χ0n) is 53.7. The average Bonchev–Trinajstić information content (AvgIpc) is 3.46. The molecule has 0 aliphatic carbocycles. The second kappa shape index (κ2) is 62.2. The average molecular weight is 1170 g/mol. The molecule has 0 amide bonds. The maximum absolute atomic E-state index is 12.9. The highest BCUT2D eigenvalue weighted by molar-refractivity contribution is 7.47. The van der Waals surface area contributed by atoms with Crippen molar-refractivity contribution in [2.75, 3.05) is 47.5 Å². The summed E-state index contributed by atoms with van der Waals surface area (Å²) in [5.74, 6) is -0.799.